The highest BCUT2D eigenvalue weighted by molar-refractivity contribution is 14.1. The molecule has 1 aromatic heterocycles. The summed E-state index contributed by atoms with van der Waals surface area (Å²) in [5.74, 6) is 0. The maximum Gasteiger partial charge on any atom is 0.108 e. The summed E-state index contributed by atoms with van der Waals surface area (Å²) in [6.07, 6.45) is 3.01. The molecule has 0 aliphatic heterocycles. The van der Waals surface area contributed by atoms with E-state index in [0.717, 1.165) is 21.2 Å². The van der Waals surface area contributed by atoms with Crippen LogP contribution in [0.5, 0.6) is 0 Å². The molecule has 2 aromatic rings. The van der Waals surface area contributed by atoms with Gasteiger partial charge in [-0.3, -0.25) is 4.68 Å². The molecule has 0 radical (unpaired) electrons. The van der Waals surface area contributed by atoms with E-state index in [-0.39, 0.29) is 0 Å². The Morgan fingerprint density at radius 1 is 1.44 bits per heavy atom. The normalized spacial score (nSPS) is 12.7. The second-order valence-corrected chi connectivity index (χ2v) is 4.72. The zero-order valence-corrected chi connectivity index (χ0v) is 11.1. The first-order valence-corrected chi connectivity index (χ1v) is 6.25. The first kappa shape index (κ1) is 11.6. The van der Waals surface area contributed by atoms with Crippen molar-refractivity contribution >= 4 is 22.6 Å². The van der Waals surface area contributed by atoms with Crippen molar-refractivity contribution in [2.24, 2.45) is 0 Å². The summed E-state index contributed by atoms with van der Waals surface area (Å²) in [7, 11) is 0. The predicted octanol–water partition coefficient (Wildman–Crippen LogP) is 2.59. The molecule has 84 valence electrons. The van der Waals surface area contributed by atoms with E-state index in [1.54, 1.807) is 6.20 Å². The summed E-state index contributed by atoms with van der Waals surface area (Å²) in [5.41, 5.74) is 1.77. The number of aryl methyl sites for hydroxylation is 1. The molecule has 1 atom stereocenters. The molecule has 0 aliphatic rings. The molecule has 0 aliphatic carbocycles. The Morgan fingerprint density at radius 3 is 2.81 bits per heavy atom. The summed E-state index contributed by atoms with van der Waals surface area (Å²) in [5, 5.41) is 14.4. The fourth-order valence-electron chi connectivity index (χ4n) is 1.57. The lowest BCUT2D eigenvalue weighted by Crippen LogP contribution is -2.00. The van der Waals surface area contributed by atoms with Gasteiger partial charge in [0.2, 0.25) is 0 Å². The Bertz CT molecular complexity index is 481. The standard InChI is InChI=1S/C12H13IN2O/c1-2-15-8-9(7-14-15)12(16)10-5-3-4-6-11(10)13/h3-8,12,16H,2H2,1H3. The number of hydrogen-bond donors (Lipinski definition) is 1. The first-order valence-electron chi connectivity index (χ1n) is 5.17. The topological polar surface area (TPSA) is 38.0 Å². The molecule has 0 saturated heterocycles. The zero-order valence-electron chi connectivity index (χ0n) is 8.97. The molecule has 0 fully saturated rings. The Balaban J connectivity index is 2.31. The van der Waals surface area contributed by atoms with Gasteiger partial charge >= 0.3 is 0 Å². The molecular formula is C12H13IN2O. The molecule has 1 aromatic carbocycles. The van der Waals surface area contributed by atoms with Crippen molar-refractivity contribution in [1.29, 1.82) is 0 Å². The van der Waals surface area contributed by atoms with Gasteiger partial charge in [-0.05, 0) is 41.1 Å². The van der Waals surface area contributed by atoms with Crippen LogP contribution in [0.3, 0.4) is 0 Å². The predicted molar refractivity (Wildman–Crippen MR) is 71.1 cm³/mol. The molecule has 0 spiro atoms. The maximum absolute atomic E-state index is 10.2. The van der Waals surface area contributed by atoms with Crippen LogP contribution in [-0.2, 0) is 6.54 Å². The van der Waals surface area contributed by atoms with Gasteiger partial charge in [-0.25, -0.2) is 0 Å². The van der Waals surface area contributed by atoms with E-state index < -0.39 is 6.10 Å². The number of halogens is 1. The lowest BCUT2D eigenvalue weighted by molar-refractivity contribution is 0.219. The average molecular weight is 328 g/mol. The second kappa shape index (κ2) is 4.97. The van der Waals surface area contributed by atoms with Crippen LogP contribution in [-0.4, -0.2) is 14.9 Å². The van der Waals surface area contributed by atoms with Crippen molar-refractivity contribution < 1.29 is 5.11 Å². The number of benzene rings is 1. The minimum absolute atomic E-state index is 0.589. The van der Waals surface area contributed by atoms with E-state index in [1.807, 2.05) is 42.1 Å². The second-order valence-electron chi connectivity index (χ2n) is 3.55. The van der Waals surface area contributed by atoms with Gasteiger partial charge < -0.3 is 5.11 Å². The highest BCUT2D eigenvalue weighted by Crippen LogP contribution is 2.25. The number of nitrogens with zero attached hydrogens (tertiary/aromatic N) is 2. The quantitative estimate of drug-likeness (QED) is 0.880. The summed E-state index contributed by atoms with van der Waals surface area (Å²) in [6.45, 7) is 2.84. The van der Waals surface area contributed by atoms with Crippen molar-refractivity contribution in [3.8, 4) is 0 Å². The van der Waals surface area contributed by atoms with Gasteiger partial charge in [0.1, 0.15) is 6.10 Å². The molecule has 2 rings (SSSR count). The summed E-state index contributed by atoms with van der Waals surface area (Å²) in [6, 6.07) is 7.83. The van der Waals surface area contributed by atoms with Crippen LogP contribution < -0.4 is 0 Å². The third kappa shape index (κ3) is 2.27. The van der Waals surface area contributed by atoms with Gasteiger partial charge in [0, 0.05) is 21.9 Å². The highest BCUT2D eigenvalue weighted by atomic mass is 127. The van der Waals surface area contributed by atoms with Gasteiger partial charge in [-0.15, -0.1) is 0 Å². The van der Waals surface area contributed by atoms with Gasteiger partial charge in [-0.2, -0.15) is 5.10 Å². The summed E-state index contributed by atoms with van der Waals surface area (Å²) >= 11 is 2.23. The Morgan fingerprint density at radius 2 is 2.19 bits per heavy atom. The molecule has 16 heavy (non-hydrogen) atoms. The van der Waals surface area contributed by atoms with Crippen LogP contribution in [0, 0.1) is 3.57 Å². The van der Waals surface area contributed by atoms with Crippen LogP contribution in [0.4, 0.5) is 0 Å². The molecule has 1 unspecified atom stereocenters. The van der Waals surface area contributed by atoms with Crippen LogP contribution >= 0.6 is 22.6 Å². The van der Waals surface area contributed by atoms with E-state index in [9.17, 15) is 5.11 Å². The number of aliphatic hydroxyl groups excluding tert-OH is 1. The van der Waals surface area contributed by atoms with Crippen molar-refractivity contribution in [1.82, 2.24) is 9.78 Å². The lowest BCUT2D eigenvalue weighted by Gasteiger charge is -2.10. The maximum atomic E-state index is 10.2. The number of rotatable bonds is 3. The van der Waals surface area contributed by atoms with Gasteiger partial charge in [-0.1, -0.05) is 18.2 Å². The first-order chi connectivity index (χ1) is 7.72. The van der Waals surface area contributed by atoms with E-state index in [0.29, 0.717) is 0 Å². The van der Waals surface area contributed by atoms with E-state index in [4.69, 9.17) is 0 Å². The highest BCUT2D eigenvalue weighted by Gasteiger charge is 2.14. The summed E-state index contributed by atoms with van der Waals surface area (Å²) in [4.78, 5) is 0. The largest absolute Gasteiger partial charge is 0.384 e. The Hall–Kier alpha value is -0.880. The molecule has 1 heterocycles. The van der Waals surface area contributed by atoms with Crippen LogP contribution in [0.25, 0.3) is 0 Å². The summed E-state index contributed by atoms with van der Waals surface area (Å²) < 4.78 is 2.88. The molecule has 3 nitrogen and oxygen atoms in total. The monoisotopic (exact) mass is 328 g/mol. The van der Waals surface area contributed by atoms with Gasteiger partial charge in [0.25, 0.3) is 0 Å². The fraction of sp³-hybridized carbons (Fsp3) is 0.250. The lowest BCUT2D eigenvalue weighted by atomic mass is 10.1. The Kier molecular flexibility index (Phi) is 3.60. The van der Waals surface area contributed by atoms with E-state index in [2.05, 4.69) is 27.7 Å². The Labute approximate surface area is 108 Å². The third-order valence-corrected chi connectivity index (χ3v) is 3.48. The van der Waals surface area contributed by atoms with Gasteiger partial charge in [0.05, 0.1) is 6.20 Å². The van der Waals surface area contributed by atoms with Crippen molar-refractivity contribution in [3.63, 3.8) is 0 Å². The fourth-order valence-corrected chi connectivity index (χ4v) is 2.25. The molecular weight excluding hydrogens is 315 g/mol. The zero-order chi connectivity index (χ0) is 11.5. The SMILES string of the molecule is CCn1cc(C(O)c2ccccc2I)cn1. The molecule has 0 bridgehead atoms. The molecule has 0 saturated carbocycles. The van der Waals surface area contributed by atoms with E-state index in [1.165, 1.54) is 0 Å². The van der Waals surface area contributed by atoms with Crippen molar-refractivity contribution in [2.45, 2.75) is 19.6 Å². The molecule has 1 N–H and O–H groups in total. The number of aliphatic hydroxyl groups is 1. The minimum atomic E-state index is -0.589. The van der Waals surface area contributed by atoms with Crippen molar-refractivity contribution in [2.75, 3.05) is 0 Å². The van der Waals surface area contributed by atoms with Crippen molar-refractivity contribution in [3.05, 3.63) is 51.4 Å². The van der Waals surface area contributed by atoms with Gasteiger partial charge in [0.15, 0.2) is 0 Å². The smallest absolute Gasteiger partial charge is 0.108 e. The van der Waals surface area contributed by atoms with Crippen LogP contribution in [0.2, 0.25) is 0 Å². The number of aromatic nitrogens is 2. The number of hydrogen-bond acceptors (Lipinski definition) is 2. The minimum Gasteiger partial charge on any atom is -0.384 e. The van der Waals surface area contributed by atoms with Crippen LogP contribution in [0.1, 0.15) is 24.2 Å². The average Bonchev–Trinajstić information content (AvgIpc) is 2.77. The van der Waals surface area contributed by atoms with E-state index >= 15 is 0 Å². The molecule has 0 amide bonds. The molecule has 4 heteroatoms. The van der Waals surface area contributed by atoms with Crippen LogP contribution in [0.15, 0.2) is 36.7 Å². The third-order valence-electron chi connectivity index (χ3n) is 2.49.